The van der Waals surface area contributed by atoms with Gasteiger partial charge in [0.15, 0.2) is 0 Å². The molecule has 0 amide bonds. The lowest BCUT2D eigenvalue weighted by molar-refractivity contribution is 0.772. The van der Waals surface area contributed by atoms with Gasteiger partial charge in [-0.15, -0.1) is 0 Å². The zero-order chi connectivity index (χ0) is 10.1. The molecule has 0 atom stereocenters. The number of hydrogen-bond acceptors (Lipinski definition) is 3. The van der Waals surface area contributed by atoms with E-state index < -0.39 is 0 Å². The van der Waals surface area contributed by atoms with Crippen LogP contribution >= 0.6 is 11.6 Å². The van der Waals surface area contributed by atoms with Crippen molar-refractivity contribution in [1.29, 1.82) is 0 Å². The molecule has 0 aliphatic carbocycles. The standard InChI is InChI=1S/C9H9ClN4/c1-6-5-11-9(10)13-8(6)7-3-4-12-14(7)2/h3-5H,1-2H3. The van der Waals surface area contributed by atoms with E-state index in [0.717, 1.165) is 17.0 Å². The molecule has 14 heavy (non-hydrogen) atoms. The summed E-state index contributed by atoms with van der Waals surface area (Å²) in [6.07, 6.45) is 3.43. The van der Waals surface area contributed by atoms with Crippen LogP contribution in [0.25, 0.3) is 11.4 Å². The normalized spacial score (nSPS) is 10.5. The van der Waals surface area contributed by atoms with Gasteiger partial charge < -0.3 is 0 Å². The number of rotatable bonds is 1. The fraction of sp³-hybridized carbons (Fsp3) is 0.222. The second kappa shape index (κ2) is 3.38. The van der Waals surface area contributed by atoms with Crippen molar-refractivity contribution < 1.29 is 0 Å². The van der Waals surface area contributed by atoms with Gasteiger partial charge >= 0.3 is 0 Å². The zero-order valence-corrected chi connectivity index (χ0v) is 8.65. The number of halogens is 1. The predicted molar refractivity (Wildman–Crippen MR) is 54.0 cm³/mol. The Morgan fingerprint density at radius 3 is 2.86 bits per heavy atom. The number of nitrogens with zero attached hydrogens (tertiary/aromatic N) is 4. The monoisotopic (exact) mass is 208 g/mol. The first kappa shape index (κ1) is 9.15. The Labute approximate surface area is 86.6 Å². The van der Waals surface area contributed by atoms with Crippen LogP contribution in [-0.2, 0) is 7.05 Å². The van der Waals surface area contributed by atoms with Crippen molar-refractivity contribution in [2.75, 3.05) is 0 Å². The smallest absolute Gasteiger partial charge is 0.222 e. The van der Waals surface area contributed by atoms with Crippen molar-refractivity contribution in [3.05, 3.63) is 29.3 Å². The van der Waals surface area contributed by atoms with E-state index in [-0.39, 0.29) is 5.28 Å². The van der Waals surface area contributed by atoms with Crippen LogP contribution in [0.2, 0.25) is 5.28 Å². The molecule has 0 aliphatic heterocycles. The quantitative estimate of drug-likeness (QED) is 0.672. The summed E-state index contributed by atoms with van der Waals surface area (Å²) >= 11 is 5.73. The van der Waals surface area contributed by atoms with Gasteiger partial charge in [-0.05, 0) is 30.2 Å². The minimum Gasteiger partial charge on any atom is -0.266 e. The molecule has 0 N–H and O–H groups in total. The van der Waals surface area contributed by atoms with Crippen LogP contribution in [0.1, 0.15) is 5.56 Å². The summed E-state index contributed by atoms with van der Waals surface area (Å²) in [6.45, 7) is 1.94. The molecule has 0 unspecified atom stereocenters. The third-order valence-corrected chi connectivity index (χ3v) is 2.19. The Balaban J connectivity index is 2.62. The molecule has 0 aliphatic rings. The van der Waals surface area contributed by atoms with Crippen LogP contribution in [0.4, 0.5) is 0 Å². The minimum atomic E-state index is 0.256. The highest BCUT2D eigenvalue weighted by Crippen LogP contribution is 2.20. The van der Waals surface area contributed by atoms with Gasteiger partial charge in [-0.1, -0.05) is 0 Å². The highest BCUT2D eigenvalue weighted by molar-refractivity contribution is 6.28. The summed E-state index contributed by atoms with van der Waals surface area (Å²) in [5.74, 6) is 0. The fourth-order valence-electron chi connectivity index (χ4n) is 1.29. The molecule has 0 spiro atoms. The zero-order valence-electron chi connectivity index (χ0n) is 7.90. The summed E-state index contributed by atoms with van der Waals surface area (Å²) in [6, 6.07) is 1.89. The first-order valence-corrected chi connectivity index (χ1v) is 4.54. The van der Waals surface area contributed by atoms with E-state index in [2.05, 4.69) is 15.1 Å². The SMILES string of the molecule is Cc1cnc(Cl)nc1-c1ccnn1C. The van der Waals surface area contributed by atoms with Gasteiger partial charge in [-0.2, -0.15) is 5.10 Å². The van der Waals surface area contributed by atoms with Gasteiger partial charge in [0.25, 0.3) is 0 Å². The van der Waals surface area contributed by atoms with E-state index in [1.165, 1.54) is 0 Å². The van der Waals surface area contributed by atoms with Crippen molar-refractivity contribution in [1.82, 2.24) is 19.7 Å². The highest BCUT2D eigenvalue weighted by Gasteiger charge is 2.08. The van der Waals surface area contributed by atoms with Crippen molar-refractivity contribution in [2.45, 2.75) is 6.92 Å². The first-order valence-electron chi connectivity index (χ1n) is 4.16. The molecule has 72 valence electrons. The lowest BCUT2D eigenvalue weighted by Crippen LogP contribution is -1.98. The van der Waals surface area contributed by atoms with Crippen LogP contribution in [0.3, 0.4) is 0 Å². The van der Waals surface area contributed by atoms with Crippen LogP contribution in [-0.4, -0.2) is 19.7 Å². The van der Waals surface area contributed by atoms with Crippen LogP contribution in [0, 0.1) is 6.92 Å². The molecule has 2 aromatic heterocycles. The third kappa shape index (κ3) is 1.48. The summed E-state index contributed by atoms with van der Waals surface area (Å²) in [5, 5.41) is 4.33. The van der Waals surface area contributed by atoms with E-state index >= 15 is 0 Å². The summed E-state index contributed by atoms with van der Waals surface area (Å²) in [4.78, 5) is 8.07. The Bertz CT molecular complexity index is 464. The molecule has 0 saturated heterocycles. The predicted octanol–water partition coefficient (Wildman–Crippen LogP) is 1.84. The van der Waals surface area contributed by atoms with Gasteiger partial charge in [-0.3, -0.25) is 4.68 Å². The van der Waals surface area contributed by atoms with E-state index in [1.54, 1.807) is 17.1 Å². The maximum atomic E-state index is 5.73. The minimum absolute atomic E-state index is 0.256. The van der Waals surface area contributed by atoms with Gasteiger partial charge in [0.2, 0.25) is 5.28 Å². The molecule has 2 heterocycles. The molecule has 4 nitrogen and oxygen atoms in total. The molecule has 0 radical (unpaired) electrons. The second-order valence-corrected chi connectivity index (χ2v) is 3.35. The van der Waals surface area contributed by atoms with Gasteiger partial charge in [-0.25, -0.2) is 9.97 Å². The Hall–Kier alpha value is -1.42. The van der Waals surface area contributed by atoms with E-state index in [0.29, 0.717) is 0 Å². The van der Waals surface area contributed by atoms with Crippen LogP contribution < -0.4 is 0 Å². The number of aromatic nitrogens is 4. The second-order valence-electron chi connectivity index (χ2n) is 3.01. The van der Waals surface area contributed by atoms with Crippen LogP contribution in [0.15, 0.2) is 18.5 Å². The Morgan fingerprint density at radius 2 is 2.21 bits per heavy atom. The molecule has 0 aromatic carbocycles. The number of aryl methyl sites for hydroxylation is 2. The van der Waals surface area contributed by atoms with Crippen molar-refractivity contribution in [2.24, 2.45) is 7.05 Å². The lowest BCUT2D eigenvalue weighted by atomic mass is 10.2. The van der Waals surface area contributed by atoms with Gasteiger partial charge in [0, 0.05) is 19.4 Å². The third-order valence-electron chi connectivity index (χ3n) is 2.01. The van der Waals surface area contributed by atoms with E-state index in [4.69, 9.17) is 11.6 Å². The molecule has 0 bridgehead atoms. The average Bonchev–Trinajstić information content (AvgIpc) is 2.56. The highest BCUT2D eigenvalue weighted by atomic mass is 35.5. The summed E-state index contributed by atoms with van der Waals surface area (Å²) < 4.78 is 1.76. The van der Waals surface area contributed by atoms with Crippen LogP contribution in [0.5, 0.6) is 0 Å². The largest absolute Gasteiger partial charge is 0.266 e. The summed E-state index contributed by atoms with van der Waals surface area (Å²) in [7, 11) is 1.87. The topological polar surface area (TPSA) is 43.6 Å². The number of hydrogen-bond donors (Lipinski definition) is 0. The molecule has 5 heteroatoms. The lowest BCUT2D eigenvalue weighted by Gasteiger charge is -2.04. The molecular formula is C9H9ClN4. The van der Waals surface area contributed by atoms with E-state index in [9.17, 15) is 0 Å². The maximum Gasteiger partial charge on any atom is 0.222 e. The maximum absolute atomic E-state index is 5.73. The first-order chi connectivity index (χ1) is 6.68. The summed E-state index contributed by atoms with van der Waals surface area (Å²) in [5.41, 5.74) is 2.75. The molecule has 0 saturated carbocycles. The van der Waals surface area contributed by atoms with Gasteiger partial charge in [0.1, 0.15) is 0 Å². The van der Waals surface area contributed by atoms with Crippen molar-refractivity contribution in [3.63, 3.8) is 0 Å². The van der Waals surface area contributed by atoms with Crippen molar-refractivity contribution in [3.8, 4) is 11.4 Å². The molecular weight excluding hydrogens is 200 g/mol. The molecule has 2 aromatic rings. The molecule has 0 fully saturated rings. The van der Waals surface area contributed by atoms with Gasteiger partial charge in [0.05, 0.1) is 11.4 Å². The molecule has 2 rings (SSSR count). The van der Waals surface area contributed by atoms with E-state index in [1.807, 2.05) is 20.0 Å². The Morgan fingerprint density at radius 1 is 1.43 bits per heavy atom. The average molecular weight is 209 g/mol. The fourth-order valence-corrected chi connectivity index (χ4v) is 1.42. The Kier molecular flexibility index (Phi) is 2.21. The van der Waals surface area contributed by atoms with Crippen molar-refractivity contribution >= 4 is 11.6 Å².